The minimum atomic E-state index is -1.67. The van der Waals surface area contributed by atoms with E-state index in [2.05, 4.69) is 5.32 Å². The van der Waals surface area contributed by atoms with Crippen molar-refractivity contribution in [2.24, 2.45) is 0 Å². The van der Waals surface area contributed by atoms with Crippen LogP contribution in [0.2, 0.25) is 0 Å². The highest BCUT2D eigenvalue weighted by Gasteiger charge is 2.29. The first-order valence-electron chi connectivity index (χ1n) is 7.47. The van der Waals surface area contributed by atoms with E-state index in [4.69, 9.17) is 5.11 Å². The van der Waals surface area contributed by atoms with E-state index in [9.17, 15) is 20.1 Å². The van der Waals surface area contributed by atoms with Gasteiger partial charge in [-0.05, 0) is 12.8 Å². The molecule has 1 saturated carbocycles. The molecule has 6 nitrogen and oxygen atoms in total. The van der Waals surface area contributed by atoms with Gasteiger partial charge in [-0.15, -0.1) is 0 Å². The molecule has 20 heavy (non-hydrogen) atoms. The molecule has 0 aliphatic heterocycles. The van der Waals surface area contributed by atoms with Crippen LogP contribution >= 0.6 is 0 Å². The van der Waals surface area contributed by atoms with Gasteiger partial charge in [0.05, 0.1) is 13.2 Å². The smallest absolute Gasteiger partial charge is 0.177 e. The molecule has 0 spiro atoms. The summed E-state index contributed by atoms with van der Waals surface area (Å²) in [6.45, 7) is -0.720. The molecule has 0 aromatic rings. The van der Waals surface area contributed by atoms with Crippen molar-refractivity contribution in [1.29, 1.82) is 0 Å². The van der Waals surface area contributed by atoms with Crippen molar-refractivity contribution in [3.63, 3.8) is 0 Å². The molecule has 1 fully saturated rings. The van der Waals surface area contributed by atoms with E-state index in [0.717, 1.165) is 25.7 Å². The zero-order chi connectivity index (χ0) is 15.0. The fraction of sp³-hybridized carbons (Fsp3) is 0.929. The molecule has 0 heterocycles. The zero-order valence-electron chi connectivity index (χ0n) is 11.9. The van der Waals surface area contributed by atoms with Gasteiger partial charge in [0.15, 0.2) is 5.78 Å². The minimum absolute atomic E-state index is 0.0267. The van der Waals surface area contributed by atoms with Crippen molar-refractivity contribution in [3.8, 4) is 0 Å². The first kappa shape index (κ1) is 17.5. The highest BCUT2D eigenvalue weighted by molar-refractivity contribution is 5.85. The van der Waals surface area contributed by atoms with Gasteiger partial charge in [0.1, 0.15) is 18.3 Å². The Bertz CT molecular complexity index is 279. The van der Waals surface area contributed by atoms with Crippen LogP contribution in [0.4, 0.5) is 0 Å². The average molecular weight is 289 g/mol. The van der Waals surface area contributed by atoms with E-state index < -0.39 is 30.7 Å². The predicted molar refractivity (Wildman–Crippen MR) is 74.2 cm³/mol. The van der Waals surface area contributed by atoms with Gasteiger partial charge in [-0.2, -0.15) is 0 Å². The van der Waals surface area contributed by atoms with Gasteiger partial charge in [-0.25, -0.2) is 0 Å². The molecule has 5 N–H and O–H groups in total. The molecule has 0 radical (unpaired) electrons. The zero-order valence-corrected chi connectivity index (χ0v) is 11.9. The van der Waals surface area contributed by atoms with E-state index in [-0.39, 0.29) is 12.6 Å². The van der Waals surface area contributed by atoms with Crippen LogP contribution in [0.5, 0.6) is 0 Å². The summed E-state index contributed by atoms with van der Waals surface area (Å²) >= 11 is 0. The summed E-state index contributed by atoms with van der Waals surface area (Å²) in [5.41, 5.74) is 0. The highest BCUT2D eigenvalue weighted by Crippen LogP contribution is 2.17. The van der Waals surface area contributed by atoms with Crippen LogP contribution in [0, 0.1) is 0 Å². The topological polar surface area (TPSA) is 110 Å². The molecule has 0 bridgehead atoms. The van der Waals surface area contributed by atoms with Gasteiger partial charge in [-0.3, -0.25) is 4.79 Å². The number of aliphatic hydroxyl groups is 4. The fourth-order valence-corrected chi connectivity index (χ4v) is 2.52. The lowest BCUT2D eigenvalue weighted by atomic mass is 9.96. The number of rotatable bonds is 7. The second-order valence-corrected chi connectivity index (χ2v) is 5.57. The maximum absolute atomic E-state index is 11.7. The molecule has 3 unspecified atom stereocenters. The lowest BCUT2D eigenvalue weighted by Gasteiger charge is -2.23. The van der Waals surface area contributed by atoms with Gasteiger partial charge in [0.2, 0.25) is 0 Å². The third kappa shape index (κ3) is 5.85. The van der Waals surface area contributed by atoms with Gasteiger partial charge in [0.25, 0.3) is 0 Å². The van der Waals surface area contributed by atoms with E-state index in [1.54, 1.807) is 0 Å². The Morgan fingerprint density at radius 3 is 2.15 bits per heavy atom. The third-order valence-electron chi connectivity index (χ3n) is 3.90. The van der Waals surface area contributed by atoms with Crippen LogP contribution in [0.3, 0.4) is 0 Å². The van der Waals surface area contributed by atoms with Crippen LogP contribution in [0.25, 0.3) is 0 Å². The van der Waals surface area contributed by atoms with Crippen LogP contribution in [0.1, 0.15) is 44.9 Å². The van der Waals surface area contributed by atoms with Crippen molar-refractivity contribution in [2.45, 2.75) is 69.3 Å². The Morgan fingerprint density at radius 1 is 1.05 bits per heavy atom. The molecule has 1 aliphatic rings. The Hall–Kier alpha value is -0.530. The lowest BCUT2D eigenvalue weighted by molar-refractivity contribution is -0.139. The first-order chi connectivity index (χ1) is 9.56. The monoisotopic (exact) mass is 289 g/mol. The number of carbonyl (C=O) groups excluding carboxylic acids is 1. The molecular weight excluding hydrogens is 262 g/mol. The number of Topliss-reactive ketones (excluding diaryl/α,β-unsaturated/α-hetero) is 1. The standard InChI is InChI=1S/C14H27NO5/c16-9-12(18)14(20)13(19)11(17)8-15-10-6-4-2-1-3-5-7-10/h10,12-16,18-20H,1-9H2. The molecule has 0 amide bonds. The molecule has 6 heteroatoms. The Labute approximate surface area is 119 Å². The summed E-state index contributed by atoms with van der Waals surface area (Å²) in [5.74, 6) is -0.563. The van der Waals surface area contributed by atoms with E-state index in [0.29, 0.717) is 0 Å². The summed E-state index contributed by atoms with van der Waals surface area (Å²) in [4.78, 5) is 11.7. The predicted octanol–water partition coefficient (Wildman–Crippen LogP) is -0.667. The normalized spacial score (nSPS) is 22.6. The Balaban J connectivity index is 2.33. The molecule has 0 aromatic heterocycles. The van der Waals surface area contributed by atoms with Crippen LogP contribution in [-0.2, 0) is 4.79 Å². The van der Waals surface area contributed by atoms with Gasteiger partial charge in [0, 0.05) is 6.04 Å². The molecule has 3 atom stereocenters. The highest BCUT2D eigenvalue weighted by atomic mass is 16.4. The fourth-order valence-electron chi connectivity index (χ4n) is 2.52. The number of ketones is 1. The summed E-state index contributed by atoms with van der Waals surface area (Å²) in [6, 6.07) is 0.270. The van der Waals surface area contributed by atoms with Crippen molar-refractivity contribution in [3.05, 3.63) is 0 Å². The van der Waals surface area contributed by atoms with Crippen LogP contribution in [0.15, 0.2) is 0 Å². The summed E-state index contributed by atoms with van der Waals surface area (Å²) in [7, 11) is 0. The summed E-state index contributed by atoms with van der Waals surface area (Å²) < 4.78 is 0. The van der Waals surface area contributed by atoms with Gasteiger partial charge >= 0.3 is 0 Å². The second-order valence-electron chi connectivity index (χ2n) is 5.57. The largest absolute Gasteiger partial charge is 0.394 e. The lowest BCUT2D eigenvalue weighted by Crippen LogP contribution is -2.47. The van der Waals surface area contributed by atoms with Gasteiger partial charge < -0.3 is 25.7 Å². The Kier molecular flexibility index (Phi) is 8.25. The maximum Gasteiger partial charge on any atom is 0.177 e. The van der Waals surface area contributed by atoms with E-state index in [1.807, 2.05) is 0 Å². The first-order valence-corrected chi connectivity index (χ1v) is 7.47. The number of hydrogen-bond acceptors (Lipinski definition) is 6. The van der Waals surface area contributed by atoms with Crippen molar-refractivity contribution in [2.75, 3.05) is 13.2 Å². The van der Waals surface area contributed by atoms with E-state index >= 15 is 0 Å². The quantitative estimate of drug-likeness (QED) is 0.425. The Morgan fingerprint density at radius 2 is 1.60 bits per heavy atom. The minimum Gasteiger partial charge on any atom is -0.394 e. The maximum atomic E-state index is 11.7. The summed E-state index contributed by atoms with van der Waals surface area (Å²) in [6.07, 6.45) is 3.21. The number of aliphatic hydroxyl groups excluding tert-OH is 4. The van der Waals surface area contributed by atoms with Crippen LogP contribution < -0.4 is 5.32 Å². The number of carbonyl (C=O) groups is 1. The molecule has 1 rings (SSSR count). The van der Waals surface area contributed by atoms with E-state index in [1.165, 1.54) is 19.3 Å². The molecule has 1 aliphatic carbocycles. The SMILES string of the molecule is O=C(CNC1CCCCCCC1)C(O)C(O)C(O)CO. The number of hydrogen-bond donors (Lipinski definition) is 5. The summed E-state index contributed by atoms with van der Waals surface area (Å²) in [5, 5.41) is 40.1. The van der Waals surface area contributed by atoms with Crippen molar-refractivity contribution < 1.29 is 25.2 Å². The molecule has 0 saturated heterocycles. The van der Waals surface area contributed by atoms with Gasteiger partial charge in [-0.1, -0.05) is 32.1 Å². The molecule has 0 aromatic carbocycles. The molecular formula is C14H27NO5. The number of nitrogens with one attached hydrogen (secondary N) is 1. The average Bonchev–Trinajstić information content (AvgIpc) is 2.43. The van der Waals surface area contributed by atoms with Crippen LogP contribution in [-0.4, -0.2) is 63.7 Å². The third-order valence-corrected chi connectivity index (χ3v) is 3.90. The van der Waals surface area contributed by atoms with Crippen molar-refractivity contribution in [1.82, 2.24) is 5.32 Å². The molecule has 118 valence electrons. The second kappa shape index (κ2) is 9.41. The van der Waals surface area contributed by atoms with Crippen molar-refractivity contribution >= 4 is 5.78 Å².